The van der Waals surface area contributed by atoms with Gasteiger partial charge in [0, 0.05) is 38.4 Å². The lowest BCUT2D eigenvalue weighted by Gasteiger charge is -2.26. The Kier molecular flexibility index (Phi) is 11.0. The third kappa shape index (κ3) is 9.76. The predicted octanol–water partition coefficient (Wildman–Crippen LogP) is 0.664. The van der Waals surface area contributed by atoms with Crippen LogP contribution in [0.3, 0.4) is 0 Å². The number of aryl methyl sites for hydroxylation is 1. The second kappa shape index (κ2) is 15.1. The molecule has 0 radical (unpaired) electrons. The molecule has 2 unspecified atom stereocenters. The second-order valence-corrected chi connectivity index (χ2v) is 11.2. The maximum absolute atomic E-state index is 13.5. The molecule has 5 amide bonds. The van der Waals surface area contributed by atoms with E-state index in [9.17, 15) is 28.8 Å². The molecule has 228 valence electrons. The maximum atomic E-state index is 13.5. The van der Waals surface area contributed by atoms with Crippen LogP contribution in [0.5, 0.6) is 0 Å². The second-order valence-electron chi connectivity index (χ2n) is 11.2. The van der Waals surface area contributed by atoms with Crippen LogP contribution in [0.2, 0.25) is 0 Å². The molecule has 0 spiro atoms. The predicted molar refractivity (Wildman–Crippen MR) is 158 cm³/mol. The molecule has 2 fully saturated rings. The number of hydrogen-bond donors (Lipinski definition) is 4. The largest absolute Gasteiger partial charge is 0.356 e. The minimum absolute atomic E-state index is 0.0136. The number of hydrogen-bond acceptors (Lipinski definition) is 6. The molecule has 1 saturated heterocycles. The average molecular weight is 590 g/mol. The van der Waals surface area contributed by atoms with Gasteiger partial charge in [-0.1, -0.05) is 60.7 Å². The number of carbonyl (C=O) groups excluding carboxylic acids is 6. The van der Waals surface area contributed by atoms with Crippen LogP contribution in [0.4, 0.5) is 0 Å². The zero-order chi connectivity index (χ0) is 30.8. The van der Waals surface area contributed by atoms with Crippen molar-refractivity contribution in [2.45, 2.75) is 63.1 Å². The first-order valence-electron chi connectivity index (χ1n) is 14.7. The van der Waals surface area contributed by atoms with Crippen molar-refractivity contribution in [3.8, 4) is 0 Å². The molecule has 11 nitrogen and oxygen atoms in total. The van der Waals surface area contributed by atoms with E-state index in [1.807, 2.05) is 60.7 Å². The first kappa shape index (κ1) is 31.4. The van der Waals surface area contributed by atoms with Crippen LogP contribution in [-0.2, 0) is 41.6 Å². The van der Waals surface area contributed by atoms with Gasteiger partial charge in [-0.05, 0) is 43.2 Å². The van der Waals surface area contributed by atoms with Gasteiger partial charge in [0.15, 0.2) is 0 Å². The van der Waals surface area contributed by atoms with E-state index in [-0.39, 0.29) is 37.1 Å². The Morgan fingerprint density at radius 2 is 1.49 bits per heavy atom. The first-order chi connectivity index (χ1) is 20.7. The summed E-state index contributed by atoms with van der Waals surface area (Å²) in [4.78, 5) is 78.3. The van der Waals surface area contributed by atoms with Crippen molar-refractivity contribution in [3.05, 3.63) is 71.8 Å². The highest BCUT2D eigenvalue weighted by molar-refractivity contribution is 6.38. The van der Waals surface area contributed by atoms with Crippen LogP contribution in [0.1, 0.15) is 43.2 Å². The van der Waals surface area contributed by atoms with Crippen molar-refractivity contribution in [3.63, 3.8) is 0 Å². The number of benzene rings is 2. The maximum Gasteiger partial charge on any atom is 0.289 e. The summed E-state index contributed by atoms with van der Waals surface area (Å²) >= 11 is 0. The molecule has 2 aromatic rings. The van der Waals surface area contributed by atoms with Crippen molar-refractivity contribution >= 4 is 35.3 Å². The van der Waals surface area contributed by atoms with Crippen molar-refractivity contribution in [2.24, 2.45) is 5.92 Å². The van der Waals surface area contributed by atoms with Gasteiger partial charge >= 0.3 is 0 Å². The molecule has 1 saturated carbocycles. The summed E-state index contributed by atoms with van der Waals surface area (Å²) in [6.45, 7) is 0.0542. The van der Waals surface area contributed by atoms with Gasteiger partial charge in [-0.25, -0.2) is 0 Å². The first-order valence-corrected chi connectivity index (χ1v) is 14.7. The van der Waals surface area contributed by atoms with Gasteiger partial charge < -0.3 is 26.2 Å². The summed E-state index contributed by atoms with van der Waals surface area (Å²) < 4.78 is 0. The van der Waals surface area contributed by atoms with Crippen LogP contribution in [0.25, 0.3) is 0 Å². The number of likely N-dealkylation sites (N-methyl/N-ethyl adjacent to an activating group) is 1. The molecule has 3 atom stereocenters. The molecule has 2 aromatic carbocycles. The molecule has 0 aromatic heterocycles. The van der Waals surface area contributed by atoms with E-state index in [1.165, 1.54) is 11.9 Å². The van der Waals surface area contributed by atoms with E-state index in [4.69, 9.17) is 0 Å². The summed E-state index contributed by atoms with van der Waals surface area (Å²) in [6, 6.07) is 16.6. The molecule has 1 heterocycles. The van der Waals surface area contributed by atoms with Gasteiger partial charge in [0.25, 0.3) is 5.91 Å². The molecule has 43 heavy (non-hydrogen) atoms. The Bertz CT molecular complexity index is 1310. The third-order valence-corrected chi connectivity index (χ3v) is 7.63. The summed E-state index contributed by atoms with van der Waals surface area (Å²) in [6.07, 6.45) is 2.99. The van der Waals surface area contributed by atoms with Gasteiger partial charge in [-0.15, -0.1) is 0 Å². The third-order valence-electron chi connectivity index (χ3n) is 7.63. The molecule has 1 aliphatic heterocycles. The fourth-order valence-corrected chi connectivity index (χ4v) is 5.05. The molecule has 11 heteroatoms. The minimum Gasteiger partial charge on any atom is -0.356 e. The van der Waals surface area contributed by atoms with Crippen molar-refractivity contribution in [1.29, 1.82) is 0 Å². The Balaban J connectivity index is 1.39. The highest BCUT2D eigenvalue weighted by Gasteiger charge is 2.36. The summed E-state index contributed by atoms with van der Waals surface area (Å²) in [5.74, 6) is -3.77. The van der Waals surface area contributed by atoms with Crippen LogP contribution < -0.4 is 21.3 Å². The van der Waals surface area contributed by atoms with Crippen LogP contribution >= 0.6 is 0 Å². The standard InChI is InChI=1S/C32H39N5O6/c1-37(20-28(39)35-25(19-23-16-17-33-30(23)41)29(40)31(42)34-24-13-14-24)32(43)26(18-22-10-6-3-7-11-22)36-27(38)15-12-21-8-4-2-5-9-21/h2-11,23-26H,12-20H2,1H3,(H,33,41)(H,34,42)(H,35,39)(H,36,38)/t23?,25?,26-/m1/s1. The highest BCUT2D eigenvalue weighted by Crippen LogP contribution is 2.20. The quantitative estimate of drug-likeness (QED) is 0.224. The van der Waals surface area contributed by atoms with Crippen LogP contribution in [0, 0.1) is 5.92 Å². The van der Waals surface area contributed by atoms with Crippen LogP contribution in [-0.4, -0.2) is 78.5 Å². The Morgan fingerprint density at radius 1 is 0.860 bits per heavy atom. The monoisotopic (exact) mass is 589 g/mol. The zero-order valence-corrected chi connectivity index (χ0v) is 24.3. The normalized spacial score (nSPS) is 17.2. The van der Waals surface area contributed by atoms with Gasteiger partial charge in [0.2, 0.25) is 29.4 Å². The fourth-order valence-electron chi connectivity index (χ4n) is 5.05. The van der Waals surface area contributed by atoms with E-state index >= 15 is 0 Å². The molecule has 0 bridgehead atoms. The molecule has 1 aliphatic carbocycles. The van der Waals surface area contributed by atoms with Crippen molar-refractivity contribution < 1.29 is 28.8 Å². The fraction of sp³-hybridized carbons (Fsp3) is 0.438. The molecular weight excluding hydrogens is 550 g/mol. The van der Waals surface area contributed by atoms with Crippen molar-refractivity contribution in [1.82, 2.24) is 26.2 Å². The topological polar surface area (TPSA) is 154 Å². The molecule has 2 aliphatic rings. The number of carbonyl (C=O) groups is 6. The number of nitrogens with one attached hydrogen (secondary N) is 4. The lowest BCUT2D eigenvalue weighted by Crippen LogP contribution is -2.53. The zero-order valence-electron chi connectivity index (χ0n) is 24.3. The minimum atomic E-state index is -1.21. The average Bonchev–Trinajstić information content (AvgIpc) is 3.73. The Labute approximate surface area is 251 Å². The van der Waals surface area contributed by atoms with Crippen LogP contribution in [0.15, 0.2) is 60.7 Å². The Morgan fingerprint density at radius 3 is 2.09 bits per heavy atom. The molecular formula is C32H39N5O6. The van der Waals surface area contributed by atoms with Gasteiger partial charge in [-0.2, -0.15) is 0 Å². The smallest absolute Gasteiger partial charge is 0.289 e. The van der Waals surface area contributed by atoms with Gasteiger partial charge in [0.1, 0.15) is 6.04 Å². The van der Waals surface area contributed by atoms with E-state index in [0.29, 0.717) is 19.4 Å². The number of rotatable bonds is 15. The number of Topliss-reactive ketones (excluding diaryl/α,β-unsaturated/α-hetero) is 1. The highest BCUT2D eigenvalue weighted by atomic mass is 16.2. The number of ketones is 1. The lowest BCUT2D eigenvalue weighted by atomic mass is 9.95. The van der Waals surface area contributed by atoms with E-state index in [2.05, 4.69) is 21.3 Å². The van der Waals surface area contributed by atoms with Crippen molar-refractivity contribution in [2.75, 3.05) is 20.1 Å². The summed E-state index contributed by atoms with van der Waals surface area (Å²) in [5, 5.41) is 10.7. The lowest BCUT2D eigenvalue weighted by molar-refractivity contribution is -0.141. The summed E-state index contributed by atoms with van der Waals surface area (Å²) in [5.41, 5.74) is 1.84. The molecule has 4 rings (SSSR count). The van der Waals surface area contributed by atoms with Gasteiger partial charge in [-0.3, -0.25) is 28.8 Å². The van der Waals surface area contributed by atoms with E-state index in [1.54, 1.807) is 0 Å². The summed E-state index contributed by atoms with van der Waals surface area (Å²) in [7, 11) is 1.44. The Hall–Kier alpha value is -4.54. The molecule has 4 N–H and O–H groups in total. The SMILES string of the molecule is CN(CC(=O)NC(CC1CCNC1=O)C(=O)C(=O)NC1CC1)C(=O)[C@@H](Cc1ccccc1)NC(=O)CCc1ccccc1. The van der Waals surface area contributed by atoms with E-state index in [0.717, 1.165) is 24.0 Å². The number of nitrogens with zero attached hydrogens (tertiary/aromatic N) is 1. The number of amides is 5. The van der Waals surface area contributed by atoms with Gasteiger partial charge in [0.05, 0.1) is 12.6 Å². The van der Waals surface area contributed by atoms with E-state index < -0.39 is 48.1 Å².